The van der Waals surface area contributed by atoms with Gasteiger partial charge in [0, 0.05) is 21.4 Å². The zero-order valence-electron chi connectivity index (χ0n) is 14.5. The number of hydrogen-bond acceptors (Lipinski definition) is 5. The van der Waals surface area contributed by atoms with E-state index in [1.165, 1.54) is 10.8 Å². The van der Waals surface area contributed by atoms with E-state index in [0.717, 1.165) is 42.0 Å². The SMILES string of the molecule is Cc1cc(Cl)cc(Cn2cc(CO)c(=O)[nH]c2=O)c1SC1CCNCC1. The summed E-state index contributed by atoms with van der Waals surface area (Å²) < 4.78 is 1.41. The molecule has 1 aliphatic heterocycles. The van der Waals surface area contributed by atoms with Crippen LogP contribution < -0.4 is 16.6 Å². The first-order valence-electron chi connectivity index (χ1n) is 8.58. The van der Waals surface area contributed by atoms with Crippen molar-refractivity contribution in [2.45, 2.75) is 43.1 Å². The van der Waals surface area contributed by atoms with Gasteiger partial charge in [-0.25, -0.2) is 4.79 Å². The van der Waals surface area contributed by atoms with E-state index >= 15 is 0 Å². The van der Waals surface area contributed by atoms with Gasteiger partial charge in [0.25, 0.3) is 5.56 Å². The second-order valence-corrected chi connectivity index (χ2v) is 8.22. The predicted octanol–water partition coefficient (Wildman–Crippen LogP) is 1.88. The van der Waals surface area contributed by atoms with Crippen LogP contribution in [-0.4, -0.2) is 33.0 Å². The summed E-state index contributed by atoms with van der Waals surface area (Å²) in [6.07, 6.45) is 3.61. The Balaban J connectivity index is 1.96. The van der Waals surface area contributed by atoms with Crippen molar-refractivity contribution >= 4 is 23.4 Å². The highest BCUT2D eigenvalue weighted by atomic mass is 35.5. The zero-order chi connectivity index (χ0) is 18.7. The third kappa shape index (κ3) is 4.40. The monoisotopic (exact) mass is 395 g/mol. The van der Waals surface area contributed by atoms with E-state index in [0.29, 0.717) is 10.3 Å². The van der Waals surface area contributed by atoms with Gasteiger partial charge in [-0.2, -0.15) is 0 Å². The van der Waals surface area contributed by atoms with Gasteiger partial charge in [0.05, 0.1) is 18.7 Å². The molecule has 2 heterocycles. The molecule has 0 radical (unpaired) electrons. The molecular formula is C18H22ClN3O3S. The number of benzene rings is 1. The molecule has 1 aromatic carbocycles. The Morgan fingerprint density at radius 3 is 2.69 bits per heavy atom. The molecule has 3 N–H and O–H groups in total. The van der Waals surface area contributed by atoms with Crippen LogP contribution in [0.1, 0.15) is 29.5 Å². The van der Waals surface area contributed by atoms with Crippen LogP contribution in [-0.2, 0) is 13.2 Å². The van der Waals surface area contributed by atoms with Crippen LogP contribution >= 0.6 is 23.4 Å². The van der Waals surface area contributed by atoms with Crippen LogP contribution in [0.4, 0.5) is 0 Å². The van der Waals surface area contributed by atoms with Crippen molar-refractivity contribution in [3.8, 4) is 0 Å². The standard InChI is InChI=1S/C18H22ClN3O3S/c1-11-6-14(19)7-12(16(11)26-15-2-4-20-5-3-15)8-22-9-13(10-23)17(24)21-18(22)25/h6-7,9,15,20,23H,2-5,8,10H2,1H3,(H,21,24,25). The number of halogens is 1. The highest BCUT2D eigenvalue weighted by Gasteiger charge is 2.18. The van der Waals surface area contributed by atoms with Crippen LogP contribution in [0.2, 0.25) is 5.02 Å². The molecule has 3 rings (SSSR count). The lowest BCUT2D eigenvalue weighted by molar-refractivity contribution is 0.278. The maximum absolute atomic E-state index is 12.2. The number of aliphatic hydroxyl groups excluding tert-OH is 1. The Hall–Kier alpha value is -1.54. The smallest absolute Gasteiger partial charge is 0.328 e. The molecular weight excluding hydrogens is 374 g/mol. The maximum atomic E-state index is 12.2. The quantitative estimate of drug-likeness (QED) is 0.719. The minimum absolute atomic E-state index is 0.163. The van der Waals surface area contributed by atoms with Crippen molar-refractivity contribution in [2.24, 2.45) is 0 Å². The fourth-order valence-corrected chi connectivity index (χ4v) is 4.75. The Bertz CT molecular complexity index is 904. The summed E-state index contributed by atoms with van der Waals surface area (Å²) in [6.45, 7) is 3.92. The lowest BCUT2D eigenvalue weighted by atomic mass is 10.1. The minimum atomic E-state index is -0.555. The second-order valence-electron chi connectivity index (χ2n) is 6.48. The van der Waals surface area contributed by atoms with Gasteiger partial charge in [-0.15, -0.1) is 11.8 Å². The second kappa shape index (κ2) is 8.43. The van der Waals surface area contributed by atoms with Crippen LogP contribution in [0, 0.1) is 6.92 Å². The lowest BCUT2D eigenvalue weighted by Crippen LogP contribution is -2.32. The van der Waals surface area contributed by atoms with Gasteiger partial charge < -0.3 is 10.4 Å². The third-order valence-electron chi connectivity index (χ3n) is 4.48. The van der Waals surface area contributed by atoms with Gasteiger partial charge in [0.1, 0.15) is 0 Å². The molecule has 0 unspecified atom stereocenters. The van der Waals surface area contributed by atoms with E-state index in [1.807, 2.05) is 30.8 Å². The number of nitrogens with zero attached hydrogens (tertiary/aromatic N) is 1. The van der Waals surface area contributed by atoms with Crippen molar-refractivity contribution in [3.63, 3.8) is 0 Å². The van der Waals surface area contributed by atoms with Crippen molar-refractivity contribution in [1.29, 1.82) is 0 Å². The minimum Gasteiger partial charge on any atom is -0.391 e. The van der Waals surface area contributed by atoms with Gasteiger partial charge in [-0.3, -0.25) is 14.3 Å². The Morgan fingerprint density at radius 1 is 1.27 bits per heavy atom. The number of aryl methyl sites for hydroxylation is 1. The van der Waals surface area contributed by atoms with Gasteiger partial charge >= 0.3 is 5.69 Å². The number of hydrogen-bond donors (Lipinski definition) is 3. The summed E-state index contributed by atoms with van der Waals surface area (Å²) in [7, 11) is 0. The molecule has 0 amide bonds. The first-order chi connectivity index (χ1) is 12.5. The van der Waals surface area contributed by atoms with Crippen molar-refractivity contribution in [2.75, 3.05) is 13.1 Å². The van der Waals surface area contributed by atoms with Gasteiger partial charge in [-0.1, -0.05) is 11.6 Å². The predicted molar refractivity (Wildman–Crippen MR) is 104 cm³/mol. The van der Waals surface area contributed by atoms with Crippen LogP contribution in [0.25, 0.3) is 0 Å². The van der Waals surface area contributed by atoms with Gasteiger partial charge in [0.2, 0.25) is 0 Å². The third-order valence-corrected chi connectivity index (χ3v) is 6.33. The first-order valence-corrected chi connectivity index (χ1v) is 9.83. The molecule has 1 fully saturated rings. The number of aliphatic hydroxyl groups is 1. The molecule has 1 aromatic heterocycles. The summed E-state index contributed by atoms with van der Waals surface area (Å²) in [4.78, 5) is 27.2. The van der Waals surface area contributed by atoms with E-state index in [1.54, 1.807) is 0 Å². The number of aromatic nitrogens is 2. The van der Waals surface area contributed by atoms with E-state index in [4.69, 9.17) is 11.6 Å². The Morgan fingerprint density at radius 2 is 2.00 bits per heavy atom. The number of piperidine rings is 1. The highest BCUT2D eigenvalue weighted by molar-refractivity contribution is 8.00. The number of H-pyrrole nitrogens is 1. The average molecular weight is 396 g/mol. The normalized spacial score (nSPS) is 15.3. The van der Waals surface area contributed by atoms with Crippen molar-refractivity contribution < 1.29 is 5.11 Å². The molecule has 0 atom stereocenters. The molecule has 2 aromatic rings. The fourth-order valence-electron chi connectivity index (χ4n) is 3.13. The number of nitrogens with one attached hydrogen (secondary N) is 2. The Labute approximate surface area is 160 Å². The Kier molecular flexibility index (Phi) is 6.24. The molecule has 1 saturated heterocycles. The van der Waals surface area contributed by atoms with Crippen LogP contribution in [0.15, 0.2) is 32.8 Å². The topological polar surface area (TPSA) is 87.1 Å². The maximum Gasteiger partial charge on any atom is 0.328 e. The average Bonchev–Trinajstić information content (AvgIpc) is 2.61. The molecule has 26 heavy (non-hydrogen) atoms. The van der Waals surface area contributed by atoms with Crippen molar-refractivity contribution in [1.82, 2.24) is 14.9 Å². The lowest BCUT2D eigenvalue weighted by Gasteiger charge is -2.24. The number of aromatic amines is 1. The first kappa shape index (κ1) is 19.2. The summed E-state index contributed by atoms with van der Waals surface area (Å²) in [5.74, 6) is 0. The van der Waals surface area contributed by atoms with E-state index in [2.05, 4.69) is 10.3 Å². The fraction of sp³-hybridized carbons (Fsp3) is 0.444. The van der Waals surface area contributed by atoms with Gasteiger partial charge in [0.15, 0.2) is 0 Å². The van der Waals surface area contributed by atoms with Crippen LogP contribution in [0.5, 0.6) is 0 Å². The molecule has 0 aliphatic carbocycles. The number of thioether (sulfide) groups is 1. The zero-order valence-corrected chi connectivity index (χ0v) is 16.1. The summed E-state index contributed by atoms with van der Waals surface area (Å²) in [6, 6.07) is 3.80. The molecule has 8 heteroatoms. The summed E-state index contributed by atoms with van der Waals surface area (Å²) >= 11 is 8.08. The van der Waals surface area contributed by atoms with E-state index in [9.17, 15) is 14.7 Å². The molecule has 6 nitrogen and oxygen atoms in total. The molecule has 0 spiro atoms. The van der Waals surface area contributed by atoms with Crippen LogP contribution in [0.3, 0.4) is 0 Å². The van der Waals surface area contributed by atoms with E-state index < -0.39 is 17.9 Å². The molecule has 0 saturated carbocycles. The van der Waals surface area contributed by atoms with E-state index in [-0.39, 0.29) is 12.1 Å². The highest BCUT2D eigenvalue weighted by Crippen LogP contribution is 2.35. The molecule has 1 aliphatic rings. The largest absolute Gasteiger partial charge is 0.391 e. The summed E-state index contributed by atoms with van der Waals surface area (Å²) in [5.41, 5.74) is 1.13. The number of rotatable bonds is 5. The summed E-state index contributed by atoms with van der Waals surface area (Å²) in [5, 5.41) is 13.8. The van der Waals surface area contributed by atoms with Gasteiger partial charge in [-0.05, 0) is 56.1 Å². The molecule has 140 valence electrons. The van der Waals surface area contributed by atoms with Crippen molar-refractivity contribution in [3.05, 3.63) is 60.9 Å². The molecule has 0 bridgehead atoms.